The molecule has 0 radical (unpaired) electrons. The lowest BCUT2D eigenvalue weighted by atomic mass is 10.1. The van der Waals surface area contributed by atoms with Gasteiger partial charge < -0.3 is 19.3 Å². The van der Waals surface area contributed by atoms with Gasteiger partial charge in [-0.25, -0.2) is 4.39 Å². The highest BCUT2D eigenvalue weighted by Gasteiger charge is 2.32. The minimum Gasteiger partial charge on any atom is -0.460 e. The van der Waals surface area contributed by atoms with Gasteiger partial charge in [-0.1, -0.05) is 70.4 Å². The summed E-state index contributed by atoms with van der Waals surface area (Å²) in [6.07, 6.45) is 18.4. The van der Waals surface area contributed by atoms with Gasteiger partial charge in [-0.15, -0.1) is 0 Å². The summed E-state index contributed by atoms with van der Waals surface area (Å²) in [5, 5.41) is 0. The fraction of sp³-hybridized carbons (Fsp3) is 0.870. The Balaban J connectivity index is 3.69. The predicted molar refractivity (Wildman–Crippen MR) is 123 cm³/mol. The molecule has 0 aliphatic heterocycles. The largest absolute Gasteiger partial charge is 0.460 e. The van der Waals surface area contributed by atoms with Gasteiger partial charge in [0.1, 0.15) is 6.10 Å². The quantitative estimate of drug-likeness (QED) is 0.0874. The first-order chi connectivity index (χ1) is 14.8. The molecule has 0 aromatic rings. The van der Waals surface area contributed by atoms with Gasteiger partial charge in [0, 0.05) is 20.0 Å². The van der Waals surface area contributed by atoms with Crippen molar-refractivity contribution in [2.24, 2.45) is 0 Å². The number of carbonyl (C=O) groups excluding carboxylic acids is 1. The van der Waals surface area contributed by atoms with Crippen molar-refractivity contribution in [3.05, 3.63) is 12.2 Å². The molecule has 31 heavy (non-hydrogen) atoms. The van der Waals surface area contributed by atoms with Gasteiger partial charge in [0.05, 0.1) is 6.61 Å². The monoisotopic (exact) mass is 466 g/mol. The molecule has 8 heteroatoms. The standard InChI is InChI=1S/C23H44FO6P/c1-3-4-5-6-7-8-9-10-11-12-13-14-15-16-17-18-23(25)30-21(20-29-2)19-22(24)31(26,27)28/h10-11,21-22H,3-9,12-20H2,1-2H3,(H2,26,27,28)/b11-10+/t21-,22?/m0/s1. The summed E-state index contributed by atoms with van der Waals surface area (Å²) >= 11 is 0. The summed E-state index contributed by atoms with van der Waals surface area (Å²) in [4.78, 5) is 29.6. The summed E-state index contributed by atoms with van der Waals surface area (Å²) in [7, 11) is -3.49. The van der Waals surface area contributed by atoms with Crippen molar-refractivity contribution >= 4 is 13.6 Å². The molecule has 0 rings (SSSR count). The van der Waals surface area contributed by atoms with Crippen LogP contribution in [-0.4, -0.2) is 41.5 Å². The maximum absolute atomic E-state index is 13.5. The molecule has 0 saturated heterocycles. The van der Waals surface area contributed by atoms with Crippen LogP contribution in [0.2, 0.25) is 0 Å². The van der Waals surface area contributed by atoms with Crippen molar-refractivity contribution in [2.45, 2.75) is 115 Å². The maximum Gasteiger partial charge on any atom is 0.359 e. The zero-order valence-corrected chi connectivity index (χ0v) is 20.4. The molecule has 0 amide bonds. The lowest BCUT2D eigenvalue weighted by Gasteiger charge is -2.19. The van der Waals surface area contributed by atoms with Crippen LogP contribution in [0, 0.1) is 0 Å². The summed E-state index contributed by atoms with van der Waals surface area (Å²) in [5.74, 6) is -2.85. The summed E-state index contributed by atoms with van der Waals surface area (Å²) in [6, 6.07) is 0. The van der Waals surface area contributed by atoms with E-state index in [9.17, 15) is 13.8 Å². The van der Waals surface area contributed by atoms with Crippen molar-refractivity contribution < 1.29 is 33.0 Å². The third kappa shape index (κ3) is 19.6. The number of hydrogen-bond acceptors (Lipinski definition) is 4. The molecular weight excluding hydrogens is 422 g/mol. The summed E-state index contributed by atoms with van der Waals surface area (Å²) < 4.78 is 34.4. The Kier molecular flexibility index (Phi) is 19.4. The minimum atomic E-state index is -4.85. The smallest absolute Gasteiger partial charge is 0.359 e. The van der Waals surface area contributed by atoms with E-state index in [0.29, 0.717) is 6.42 Å². The molecule has 0 aromatic heterocycles. The lowest BCUT2D eigenvalue weighted by Crippen LogP contribution is -2.26. The molecule has 184 valence electrons. The second-order valence-electron chi connectivity index (χ2n) is 8.16. The lowest BCUT2D eigenvalue weighted by molar-refractivity contribution is -0.152. The highest BCUT2D eigenvalue weighted by atomic mass is 31.2. The number of hydrogen-bond donors (Lipinski definition) is 2. The van der Waals surface area contributed by atoms with Gasteiger partial charge in [-0.2, -0.15) is 0 Å². The second kappa shape index (κ2) is 19.9. The molecule has 0 spiro atoms. The van der Waals surface area contributed by atoms with Crippen LogP contribution in [0.5, 0.6) is 0 Å². The average Bonchev–Trinajstić information content (AvgIpc) is 2.70. The fourth-order valence-corrected chi connectivity index (χ4v) is 3.78. The molecule has 0 heterocycles. The first kappa shape index (κ1) is 30.2. The Morgan fingerprint density at radius 3 is 1.97 bits per heavy atom. The zero-order chi connectivity index (χ0) is 23.4. The van der Waals surface area contributed by atoms with Crippen LogP contribution in [0.15, 0.2) is 12.2 Å². The van der Waals surface area contributed by atoms with E-state index in [1.807, 2.05) is 0 Å². The SMILES string of the molecule is CCCCCCCC/C=C/CCCCCCCC(=O)O[C@H](COC)CC(F)P(=O)(O)O. The number of alkyl halides is 1. The van der Waals surface area contributed by atoms with E-state index < -0.39 is 32.0 Å². The number of methoxy groups -OCH3 is 1. The number of halogens is 1. The number of ether oxygens (including phenoxy) is 2. The Morgan fingerprint density at radius 2 is 1.45 bits per heavy atom. The number of carbonyl (C=O) groups is 1. The van der Waals surface area contributed by atoms with Gasteiger partial charge in [-0.05, 0) is 32.1 Å². The van der Waals surface area contributed by atoms with Crippen LogP contribution in [0.4, 0.5) is 4.39 Å². The third-order valence-electron chi connectivity index (χ3n) is 5.12. The second-order valence-corrected chi connectivity index (χ2v) is 9.90. The fourth-order valence-electron chi connectivity index (χ4n) is 3.28. The van der Waals surface area contributed by atoms with Crippen LogP contribution < -0.4 is 0 Å². The van der Waals surface area contributed by atoms with Gasteiger partial charge in [0.25, 0.3) is 0 Å². The van der Waals surface area contributed by atoms with Crippen LogP contribution in [0.1, 0.15) is 103 Å². The molecule has 0 bridgehead atoms. The summed E-state index contributed by atoms with van der Waals surface area (Å²) in [6.45, 7) is 2.14. The van der Waals surface area contributed by atoms with E-state index in [4.69, 9.17) is 19.3 Å². The van der Waals surface area contributed by atoms with Crippen molar-refractivity contribution in [3.8, 4) is 0 Å². The van der Waals surface area contributed by atoms with Crippen LogP contribution in [0.25, 0.3) is 0 Å². The highest BCUT2D eigenvalue weighted by Crippen LogP contribution is 2.44. The molecule has 6 nitrogen and oxygen atoms in total. The normalized spacial score (nSPS) is 14.1. The van der Waals surface area contributed by atoms with E-state index in [1.165, 1.54) is 52.1 Å². The Labute approximate surface area is 188 Å². The average molecular weight is 467 g/mol. The van der Waals surface area contributed by atoms with Crippen molar-refractivity contribution in [3.63, 3.8) is 0 Å². The van der Waals surface area contributed by atoms with Gasteiger partial charge in [-0.3, -0.25) is 9.36 Å². The van der Waals surface area contributed by atoms with Crippen molar-refractivity contribution in [1.82, 2.24) is 0 Å². The van der Waals surface area contributed by atoms with Crippen LogP contribution in [0.3, 0.4) is 0 Å². The number of unbranched alkanes of at least 4 members (excludes halogenated alkanes) is 11. The number of allylic oxidation sites excluding steroid dienone is 2. The topological polar surface area (TPSA) is 93.1 Å². The predicted octanol–water partition coefficient (Wildman–Crippen LogP) is 6.45. The van der Waals surface area contributed by atoms with Gasteiger partial charge >= 0.3 is 13.6 Å². The van der Waals surface area contributed by atoms with Crippen LogP contribution >= 0.6 is 7.60 Å². The first-order valence-corrected chi connectivity index (χ1v) is 13.5. The Morgan fingerprint density at radius 1 is 0.935 bits per heavy atom. The number of rotatable bonds is 21. The molecule has 0 saturated carbocycles. The molecule has 0 fully saturated rings. The Hall–Kier alpha value is -0.750. The van der Waals surface area contributed by atoms with Crippen LogP contribution in [-0.2, 0) is 18.8 Å². The molecule has 0 aromatic carbocycles. The van der Waals surface area contributed by atoms with E-state index in [0.717, 1.165) is 32.1 Å². The van der Waals surface area contributed by atoms with Gasteiger partial charge in [0.2, 0.25) is 5.91 Å². The first-order valence-electron chi connectivity index (χ1n) is 11.8. The van der Waals surface area contributed by atoms with E-state index >= 15 is 0 Å². The van der Waals surface area contributed by atoms with E-state index in [2.05, 4.69) is 19.1 Å². The van der Waals surface area contributed by atoms with E-state index in [-0.39, 0.29) is 13.0 Å². The third-order valence-corrected chi connectivity index (χ3v) is 6.06. The Bertz CT molecular complexity index is 508. The summed E-state index contributed by atoms with van der Waals surface area (Å²) in [5.41, 5.74) is 0. The zero-order valence-electron chi connectivity index (χ0n) is 19.5. The molecule has 2 atom stereocenters. The molecule has 1 unspecified atom stereocenters. The van der Waals surface area contributed by atoms with Gasteiger partial charge in [0.15, 0.2) is 0 Å². The van der Waals surface area contributed by atoms with E-state index in [1.54, 1.807) is 0 Å². The maximum atomic E-state index is 13.5. The minimum absolute atomic E-state index is 0.0987. The number of esters is 1. The highest BCUT2D eigenvalue weighted by molar-refractivity contribution is 7.52. The van der Waals surface area contributed by atoms with Crippen molar-refractivity contribution in [2.75, 3.05) is 13.7 Å². The van der Waals surface area contributed by atoms with Crippen molar-refractivity contribution in [1.29, 1.82) is 0 Å². The molecule has 0 aliphatic carbocycles. The molecule has 0 aliphatic rings. The molecule has 2 N–H and O–H groups in total. The molecular formula is C23H44FO6P.